The number of hydrogen-bond donors (Lipinski definition) is 2. The number of likely N-dealkylation sites (N-methyl/N-ethyl adjacent to an activating group) is 1. The van der Waals surface area contributed by atoms with Crippen LogP contribution in [0.2, 0.25) is 0 Å². The highest BCUT2D eigenvalue weighted by molar-refractivity contribution is 5.80. The minimum absolute atomic E-state index is 0.446. The van der Waals surface area contributed by atoms with Crippen molar-refractivity contribution in [3.8, 4) is 0 Å². The number of benzene rings is 1. The maximum Gasteiger partial charge on any atom is 0.191 e. The summed E-state index contributed by atoms with van der Waals surface area (Å²) in [4.78, 5) is 12.5. The normalized spacial score (nSPS) is 22.3. The molecule has 0 saturated carbocycles. The summed E-state index contributed by atoms with van der Waals surface area (Å²) in [6.07, 6.45) is 1.15. The standard InChI is InChI=1S/C24H42N6/c1-5-25-24(26-17-21(4)18-29-15-13-28(6-2)14-16-29)27-22-11-12-30(19-22)23-9-7-20(3)8-10-23/h7-10,21-22H,5-6,11-19H2,1-4H3,(H2,25,26,27). The Balaban J connectivity index is 1.45. The minimum Gasteiger partial charge on any atom is -0.369 e. The molecule has 1 aromatic rings. The molecule has 0 bridgehead atoms. The van der Waals surface area contributed by atoms with Crippen molar-refractivity contribution in [1.29, 1.82) is 0 Å². The van der Waals surface area contributed by atoms with E-state index in [9.17, 15) is 0 Å². The molecule has 1 aromatic carbocycles. The molecular formula is C24H42N6. The molecule has 2 atom stereocenters. The molecule has 0 radical (unpaired) electrons. The van der Waals surface area contributed by atoms with Crippen LogP contribution in [0.4, 0.5) is 5.69 Å². The first-order chi connectivity index (χ1) is 14.6. The predicted molar refractivity (Wildman–Crippen MR) is 129 cm³/mol. The number of aliphatic imine (C=N–C) groups is 1. The first-order valence-electron chi connectivity index (χ1n) is 11.9. The molecule has 6 nitrogen and oxygen atoms in total. The van der Waals surface area contributed by atoms with Gasteiger partial charge in [0.1, 0.15) is 0 Å². The maximum atomic E-state index is 4.92. The van der Waals surface area contributed by atoms with Crippen LogP contribution in [-0.4, -0.2) is 87.2 Å². The number of guanidine groups is 1. The Morgan fingerprint density at radius 3 is 2.43 bits per heavy atom. The maximum absolute atomic E-state index is 4.92. The number of piperazine rings is 1. The molecule has 0 aromatic heterocycles. The zero-order valence-electron chi connectivity index (χ0n) is 19.5. The van der Waals surface area contributed by atoms with Crippen LogP contribution >= 0.6 is 0 Å². The van der Waals surface area contributed by atoms with E-state index in [2.05, 4.69) is 77.3 Å². The Morgan fingerprint density at radius 2 is 1.77 bits per heavy atom. The molecule has 0 amide bonds. The van der Waals surface area contributed by atoms with Crippen LogP contribution in [0.1, 0.15) is 32.8 Å². The summed E-state index contributed by atoms with van der Waals surface area (Å²) in [5, 5.41) is 7.12. The van der Waals surface area contributed by atoms with Gasteiger partial charge in [0.05, 0.1) is 0 Å². The minimum atomic E-state index is 0.446. The number of anilines is 1. The topological polar surface area (TPSA) is 46.1 Å². The third kappa shape index (κ3) is 6.88. The Hall–Kier alpha value is -1.79. The van der Waals surface area contributed by atoms with E-state index in [1.165, 1.54) is 44.0 Å². The monoisotopic (exact) mass is 414 g/mol. The lowest BCUT2D eigenvalue weighted by Gasteiger charge is -2.35. The fraction of sp³-hybridized carbons (Fsp3) is 0.708. The zero-order chi connectivity index (χ0) is 21.3. The lowest BCUT2D eigenvalue weighted by Crippen LogP contribution is -2.47. The largest absolute Gasteiger partial charge is 0.369 e. The van der Waals surface area contributed by atoms with Crippen LogP contribution in [0, 0.1) is 12.8 Å². The van der Waals surface area contributed by atoms with Gasteiger partial charge in [0.25, 0.3) is 0 Å². The zero-order valence-corrected chi connectivity index (χ0v) is 19.5. The van der Waals surface area contributed by atoms with Crippen LogP contribution in [0.15, 0.2) is 29.3 Å². The van der Waals surface area contributed by atoms with Gasteiger partial charge in [-0.3, -0.25) is 4.99 Å². The van der Waals surface area contributed by atoms with Crippen molar-refractivity contribution in [3.63, 3.8) is 0 Å². The van der Waals surface area contributed by atoms with Crippen LogP contribution < -0.4 is 15.5 Å². The van der Waals surface area contributed by atoms with Crippen LogP contribution in [-0.2, 0) is 0 Å². The molecule has 30 heavy (non-hydrogen) atoms. The summed E-state index contributed by atoms with van der Waals surface area (Å²) >= 11 is 0. The molecule has 2 aliphatic rings. The van der Waals surface area contributed by atoms with Crippen molar-refractivity contribution >= 4 is 11.6 Å². The summed E-state index contributed by atoms with van der Waals surface area (Å²) in [5.41, 5.74) is 2.64. The van der Waals surface area contributed by atoms with Gasteiger partial charge in [-0.15, -0.1) is 0 Å². The van der Waals surface area contributed by atoms with Crippen LogP contribution in [0.25, 0.3) is 0 Å². The van der Waals surface area contributed by atoms with Crippen molar-refractivity contribution in [3.05, 3.63) is 29.8 Å². The summed E-state index contributed by atoms with van der Waals surface area (Å²) in [7, 11) is 0. The smallest absolute Gasteiger partial charge is 0.191 e. The van der Waals surface area contributed by atoms with E-state index >= 15 is 0 Å². The van der Waals surface area contributed by atoms with Gasteiger partial charge < -0.3 is 25.3 Å². The van der Waals surface area contributed by atoms with Crippen molar-refractivity contribution in [2.45, 2.75) is 40.2 Å². The third-order valence-corrected chi connectivity index (χ3v) is 6.32. The average Bonchev–Trinajstić information content (AvgIpc) is 3.22. The average molecular weight is 415 g/mol. The fourth-order valence-corrected chi connectivity index (χ4v) is 4.42. The summed E-state index contributed by atoms with van der Waals surface area (Å²) in [6.45, 7) is 19.9. The number of aryl methyl sites for hydroxylation is 1. The van der Waals surface area contributed by atoms with Crippen LogP contribution in [0.3, 0.4) is 0 Å². The lowest BCUT2D eigenvalue weighted by atomic mass is 10.1. The Kier molecular flexibility index (Phi) is 8.82. The van der Waals surface area contributed by atoms with E-state index in [4.69, 9.17) is 4.99 Å². The van der Waals surface area contributed by atoms with Gasteiger partial charge in [-0.05, 0) is 44.9 Å². The molecule has 2 heterocycles. The van der Waals surface area contributed by atoms with Crippen molar-refractivity contribution in [1.82, 2.24) is 20.4 Å². The number of hydrogen-bond acceptors (Lipinski definition) is 4. The van der Waals surface area contributed by atoms with Gasteiger partial charge >= 0.3 is 0 Å². The van der Waals surface area contributed by atoms with E-state index in [0.717, 1.165) is 45.1 Å². The van der Waals surface area contributed by atoms with Crippen LogP contribution in [0.5, 0.6) is 0 Å². The highest BCUT2D eigenvalue weighted by Gasteiger charge is 2.23. The third-order valence-electron chi connectivity index (χ3n) is 6.32. The molecule has 2 aliphatic heterocycles. The molecule has 2 fully saturated rings. The number of nitrogens with one attached hydrogen (secondary N) is 2. The summed E-state index contributed by atoms with van der Waals surface area (Å²) < 4.78 is 0. The van der Waals surface area contributed by atoms with E-state index in [0.29, 0.717) is 12.0 Å². The van der Waals surface area contributed by atoms with Crippen molar-refractivity contribution in [2.75, 3.05) is 70.3 Å². The molecule has 2 saturated heterocycles. The lowest BCUT2D eigenvalue weighted by molar-refractivity contribution is 0.125. The van der Waals surface area contributed by atoms with Gasteiger partial charge in [0.2, 0.25) is 0 Å². The Morgan fingerprint density at radius 1 is 1.07 bits per heavy atom. The molecule has 3 rings (SSSR count). The Labute approximate surface area is 183 Å². The first-order valence-corrected chi connectivity index (χ1v) is 11.9. The van der Waals surface area contributed by atoms with Gasteiger partial charge in [-0.25, -0.2) is 0 Å². The molecule has 2 unspecified atom stereocenters. The van der Waals surface area contributed by atoms with Gasteiger partial charge in [-0.1, -0.05) is 31.5 Å². The number of nitrogens with zero attached hydrogens (tertiary/aromatic N) is 4. The highest BCUT2D eigenvalue weighted by atomic mass is 15.3. The molecule has 168 valence electrons. The van der Waals surface area contributed by atoms with E-state index in [1.807, 2.05) is 0 Å². The van der Waals surface area contributed by atoms with Gasteiger partial charge in [-0.2, -0.15) is 0 Å². The van der Waals surface area contributed by atoms with Crippen molar-refractivity contribution < 1.29 is 0 Å². The number of rotatable bonds is 8. The summed E-state index contributed by atoms with van der Waals surface area (Å²) in [6, 6.07) is 9.32. The molecule has 0 aliphatic carbocycles. The predicted octanol–water partition coefficient (Wildman–Crippen LogP) is 2.40. The van der Waals surface area contributed by atoms with Gasteiger partial charge in [0, 0.05) is 70.6 Å². The van der Waals surface area contributed by atoms with E-state index < -0.39 is 0 Å². The van der Waals surface area contributed by atoms with E-state index in [1.54, 1.807) is 0 Å². The van der Waals surface area contributed by atoms with Gasteiger partial charge in [0.15, 0.2) is 5.96 Å². The first kappa shape index (κ1) is 22.9. The molecular weight excluding hydrogens is 372 g/mol. The molecule has 2 N–H and O–H groups in total. The molecule has 6 heteroatoms. The second-order valence-corrected chi connectivity index (χ2v) is 8.97. The highest BCUT2D eigenvalue weighted by Crippen LogP contribution is 2.20. The Bertz CT molecular complexity index is 650. The fourth-order valence-electron chi connectivity index (χ4n) is 4.42. The SMILES string of the molecule is CCNC(=NCC(C)CN1CCN(CC)CC1)NC1CCN(c2ccc(C)cc2)C1. The van der Waals surface area contributed by atoms with E-state index in [-0.39, 0.29) is 0 Å². The second kappa shape index (κ2) is 11.6. The molecule has 0 spiro atoms. The quantitative estimate of drug-likeness (QED) is 0.505. The van der Waals surface area contributed by atoms with Crippen molar-refractivity contribution in [2.24, 2.45) is 10.9 Å². The second-order valence-electron chi connectivity index (χ2n) is 8.97. The summed E-state index contributed by atoms with van der Waals surface area (Å²) in [5.74, 6) is 1.54.